The Labute approximate surface area is 137 Å². The number of anilines is 2. The first kappa shape index (κ1) is 14.6. The van der Waals surface area contributed by atoms with Crippen LogP contribution in [0.3, 0.4) is 0 Å². The minimum absolute atomic E-state index is 0.0878. The molecule has 0 bridgehead atoms. The Bertz CT molecular complexity index is 879. The highest BCUT2D eigenvalue weighted by Crippen LogP contribution is 2.24. The molecule has 24 heavy (non-hydrogen) atoms. The average Bonchev–Trinajstić information content (AvgIpc) is 3.23. The second kappa shape index (κ2) is 5.88. The van der Waals surface area contributed by atoms with Gasteiger partial charge >= 0.3 is 0 Å². The summed E-state index contributed by atoms with van der Waals surface area (Å²) in [7, 11) is 0. The zero-order valence-electron chi connectivity index (χ0n) is 13.1. The quantitative estimate of drug-likeness (QED) is 0.786. The molecule has 8 nitrogen and oxygen atoms in total. The zero-order valence-corrected chi connectivity index (χ0v) is 13.1. The molecule has 0 radical (unpaired) electrons. The number of hydrogen-bond donors (Lipinski definition) is 1. The molecule has 0 aliphatic carbocycles. The van der Waals surface area contributed by atoms with Crippen LogP contribution in [0.1, 0.15) is 18.5 Å². The fourth-order valence-electron chi connectivity index (χ4n) is 2.96. The number of nitrogens with one attached hydrogen (secondary N) is 1. The minimum Gasteiger partial charge on any atom is -0.336 e. The monoisotopic (exact) mass is 324 g/mol. The van der Waals surface area contributed by atoms with Crippen molar-refractivity contribution in [3.05, 3.63) is 36.4 Å². The lowest BCUT2D eigenvalue weighted by molar-refractivity contribution is -0.117. The molecule has 1 aliphatic heterocycles. The van der Waals surface area contributed by atoms with E-state index in [9.17, 15) is 4.79 Å². The van der Waals surface area contributed by atoms with Gasteiger partial charge in [-0.25, -0.2) is 15.0 Å². The molecule has 1 fully saturated rings. The van der Waals surface area contributed by atoms with E-state index in [1.807, 2.05) is 17.9 Å². The number of rotatable bonds is 3. The lowest BCUT2D eigenvalue weighted by atomic mass is 10.2. The van der Waals surface area contributed by atoms with Gasteiger partial charge in [-0.1, -0.05) is 5.16 Å². The van der Waals surface area contributed by atoms with Gasteiger partial charge < -0.3 is 14.7 Å². The number of hydrogen-bond acceptors (Lipinski definition) is 7. The van der Waals surface area contributed by atoms with Gasteiger partial charge in [0.25, 0.3) is 5.71 Å². The van der Waals surface area contributed by atoms with Gasteiger partial charge in [-0.15, -0.1) is 0 Å². The summed E-state index contributed by atoms with van der Waals surface area (Å²) in [6.07, 6.45) is 6.64. The lowest BCUT2D eigenvalue weighted by Gasteiger charge is -2.23. The van der Waals surface area contributed by atoms with E-state index in [1.54, 1.807) is 24.7 Å². The van der Waals surface area contributed by atoms with Crippen LogP contribution in [0.5, 0.6) is 0 Å². The molecular formula is C16H16N6O2. The highest BCUT2D eigenvalue weighted by atomic mass is 16.5. The van der Waals surface area contributed by atoms with E-state index in [-0.39, 0.29) is 11.9 Å². The molecule has 1 saturated heterocycles. The van der Waals surface area contributed by atoms with Gasteiger partial charge in [0.2, 0.25) is 11.9 Å². The van der Waals surface area contributed by atoms with Crippen LogP contribution in [0, 0.1) is 6.92 Å². The highest BCUT2D eigenvalue weighted by Gasteiger charge is 2.32. The Kier molecular flexibility index (Phi) is 3.56. The van der Waals surface area contributed by atoms with Crippen molar-refractivity contribution in [3.8, 4) is 0 Å². The van der Waals surface area contributed by atoms with Gasteiger partial charge in [0.15, 0.2) is 0 Å². The molecule has 0 saturated carbocycles. The van der Waals surface area contributed by atoms with Gasteiger partial charge in [-0.3, -0.25) is 4.79 Å². The third-order valence-electron chi connectivity index (χ3n) is 4.14. The van der Waals surface area contributed by atoms with E-state index in [0.717, 1.165) is 30.5 Å². The second-order valence-corrected chi connectivity index (χ2v) is 5.73. The van der Waals surface area contributed by atoms with Gasteiger partial charge in [0, 0.05) is 18.9 Å². The normalized spacial score (nSPS) is 17.4. The van der Waals surface area contributed by atoms with Crippen LogP contribution in [0.2, 0.25) is 0 Å². The van der Waals surface area contributed by atoms with Crippen molar-refractivity contribution in [2.24, 2.45) is 0 Å². The first-order valence-electron chi connectivity index (χ1n) is 7.79. The standard InChI is InChI=1S/C16H16N6O2/c1-10-12-8-11(9-19-15(12)24-21-10)20-14(23)13-4-2-7-22(13)16-17-5-3-6-18-16/h3,5-6,8-9,13H,2,4,7H2,1H3,(H,20,23). The maximum absolute atomic E-state index is 12.7. The van der Waals surface area contributed by atoms with E-state index in [2.05, 4.69) is 25.4 Å². The molecule has 4 heterocycles. The third kappa shape index (κ3) is 2.55. The number of carbonyl (C=O) groups excluding carboxylic acids is 1. The second-order valence-electron chi connectivity index (χ2n) is 5.73. The molecule has 122 valence electrons. The van der Waals surface area contributed by atoms with E-state index in [1.165, 1.54) is 0 Å². The minimum atomic E-state index is -0.285. The van der Waals surface area contributed by atoms with E-state index >= 15 is 0 Å². The first-order chi connectivity index (χ1) is 11.7. The maximum Gasteiger partial charge on any atom is 0.258 e. The van der Waals surface area contributed by atoms with E-state index in [4.69, 9.17) is 4.52 Å². The summed E-state index contributed by atoms with van der Waals surface area (Å²) in [6, 6.07) is 3.30. The molecule has 3 aromatic heterocycles. The predicted molar refractivity (Wildman–Crippen MR) is 87.6 cm³/mol. The fourth-order valence-corrected chi connectivity index (χ4v) is 2.96. The van der Waals surface area contributed by atoms with Crippen molar-refractivity contribution in [2.45, 2.75) is 25.8 Å². The van der Waals surface area contributed by atoms with Crippen LogP contribution >= 0.6 is 0 Å². The SMILES string of the molecule is Cc1noc2ncc(NC(=O)C3CCCN3c3ncccn3)cc12. The summed E-state index contributed by atoms with van der Waals surface area (Å²) in [6.45, 7) is 2.61. The van der Waals surface area contributed by atoms with Gasteiger partial charge in [-0.2, -0.15) is 0 Å². The smallest absolute Gasteiger partial charge is 0.258 e. The maximum atomic E-state index is 12.7. The Balaban J connectivity index is 1.55. The fraction of sp³-hybridized carbons (Fsp3) is 0.312. The summed E-state index contributed by atoms with van der Waals surface area (Å²) in [5.41, 5.74) is 1.83. The van der Waals surface area contributed by atoms with Crippen LogP contribution in [0.25, 0.3) is 11.1 Å². The molecule has 3 aromatic rings. The number of nitrogens with zero attached hydrogens (tertiary/aromatic N) is 5. The van der Waals surface area contributed by atoms with E-state index < -0.39 is 0 Å². The van der Waals surface area contributed by atoms with Gasteiger partial charge in [0.05, 0.1) is 23.0 Å². The Morgan fingerprint density at radius 3 is 3.00 bits per heavy atom. The average molecular weight is 324 g/mol. The van der Waals surface area contributed by atoms with Crippen LogP contribution < -0.4 is 10.2 Å². The van der Waals surface area contributed by atoms with Gasteiger partial charge in [0.1, 0.15) is 6.04 Å². The van der Waals surface area contributed by atoms with Crippen LogP contribution in [0.15, 0.2) is 35.2 Å². The lowest BCUT2D eigenvalue weighted by Crippen LogP contribution is -2.40. The van der Waals surface area contributed by atoms with Gasteiger partial charge in [-0.05, 0) is 31.9 Å². The summed E-state index contributed by atoms with van der Waals surface area (Å²) in [5, 5.41) is 7.59. The molecule has 1 atom stereocenters. The summed E-state index contributed by atoms with van der Waals surface area (Å²) >= 11 is 0. The van der Waals surface area contributed by atoms with Crippen LogP contribution in [0.4, 0.5) is 11.6 Å². The van der Waals surface area contributed by atoms with Crippen molar-refractivity contribution < 1.29 is 9.32 Å². The third-order valence-corrected chi connectivity index (χ3v) is 4.14. The Morgan fingerprint density at radius 1 is 1.33 bits per heavy atom. The van der Waals surface area contributed by atoms with Crippen molar-refractivity contribution >= 4 is 28.6 Å². The first-order valence-corrected chi connectivity index (χ1v) is 7.79. The van der Waals surface area contributed by atoms with Crippen molar-refractivity contribution in [1.29, 1.82) is 0 Å². The van der Waals surface area contributed by atoms with Crippen LogP contribution in [-0.4, -0.2) is 38.6 Å². The molecule has 1 N–H and O–H groups in total. The number of aryl methyl sites for hydroxylation is 1. The largest absolute Gasteiger partial charge is 0.336 e. The topological polar surface area (TPSA) is 97.0 Å². The summed E-state index contributed by atoms with van der Waals surface area (Å²) < 4.78 is 5.08. The number of fused-ring (bicyclic) bond motifs is 1. The molecule has 0 spiro atoms. The van der Waals surface area contributed by atoms with Crippen molar-refractivity contribution in [2.75, 3.05) is 16.8 Å². The molecule has 1 unspecified atom stereocenters. The highest BCUT2D eigenvalue weighted by molar-refractivity contribution is 5.98. The molecule has 1 aliphatic rings. The van der Waals surface area contributed by atoms with Crippen molar-refractivity contribution in [3.63, 3.8) is 0 Å². The molecule has 8 heteroatoms. The molecule has 4 rings (SSSR count). The van der Waals surface area contributed by atoms with E-state index in [0.29, 0.717) is 17.3 Å². The molecule has 1 amide bonds. The predicted octanol–water partition coefficient (Wildman–Crippen LogP) is 1.93. The summed E-state index contributed by atoms with van der Waals surface area (Å²) in [4.78, 5) is 27.3. The summed E-state index contributed by atoms with van der Waals surface area (Å²) in [5.74, 6) is 0.494. The Hall–Kier alpha value is -3.03. The van der Waals surface area contributed by atoms with Crippen LogP contribution in [-0.2, 0) is 4.79 Å². The zero-order chi connectivity index (χ0) is 16.5. The number of aromatic nitrogens is 4. The number of pyridine rings is 1. The number of carbonyl (C=O) groups is 1. The number of amides is 1. The molecule has 0 aromatic carbocycles. The molecular weight excluding hydrogens is 308 g/mol. The Morgan fingerprint density at radius 2 is 2.17 bits per heavy atom. The van der Waals surface area contributed by atoms with Crippen molar-refractivity contribution in [1.82, 2.24) is 20.1 Å².